The fraction of sp³-hybridized carbons (Fsp3) is 0.385. The van der Waals surface area contributed by atoms with Crippen molar-refractivity contribution in [3.8, 4) is 11.4 Å². The van der Waals surface area contributed by atoms with Crippen LogP contribution in [0.2, 0.25) is 5.02 Å². The van der Waals surface area contributed by atoms with E-state index in [1.54, 1.807) is 6.07 Å². The van der Waals surface area contributed by atoms with E-state index >= 15 is 0 Å². The van der Waals surface area contributed by atoms with Gasteiger partial charge >= 0.3 is 0 Å². The lowest BCUT2D eigenvalue weighted by atomic mass is 9.99. The van der Waals surface area contributed by atoms with Gasteiger partial charge in [-0.05, 0) is 62.2 Å². The third-order valence-electron chi connectivity index (χ3n) is 7.02. The van der Waals surface area contributed by atoms with Crippen molar-refractivity contribution in [2.45, 2.75) is 12.8 Å². The summed E-state index contributed by atoms with van der Waals surface area (Å²) in [7, 11) is 0. The molecule has 35 heavy (non-hydrogen) atoms. The Morgan fingerprint density at radius 1 is 1.14 bits per heavy atom. The minimum Gasteiger partial charge on any atom is -0.383 e. The molecule has 4 aromatic rings. The Morgan fingerprint density at radius 2 is 2.03 bits per heavy atom. The van der Waals surface area contributed by atoms with E-state index in [0.29, 0.717) is 35.5 Å². The van der Waals surface area contributed by atoms with Gasteiger partial charge in [-0.2, -0.15) is 0 Å². The molecule has 6 rings (SSSR count). The maximum absolute atomic E-state index is 13.4. The Labute approximate surface area is 208 Å². The first-order valence-electron chi connectivity index (χ1n) is 12.3. The molecule has 2 aliphatic rings. The molecule has 1 unspecified atom stereocenters. The SMILES string of the molecule is O=c1[nH]c2ccc(Cl)cc2c(NCC2CCCNC2)c1-c1nc2c(N3CCOCC3)cccc2[nH]1. The monoisotopic (exact) mass is 492 g/mol. The van der Waals surface area contributed by atoms with Gasteiger partial charge in [-0.1, -0.05) is 17.7 Å². The van der Waals surface area contributed by atoms with Crippen molar-refractivity contribution >= 4 is 44.9 Å². The van der Waals surface area contributed by atoms with Crippen LogP contribution in [0.5, 0.6) is 0 Å². The molecule has 8 nitrogen and oxygen atoms in total. The van der Waals surface area contributed by atoms with Crippen molar-refractivity contribution < 1.29 is 4.74 Å². The Balaban J connectivity index is 1.47. The highest BCUT2D eigenvalue weighted by molar-refractivity contribution is 6.31. The number of anilines is 2. The summed E-state index contributed by atoms with van der Waals surface area (Å²) in [5, 5.41) is 8.58. The molecule has 2 aromatic carbocycles. The summed E-state index contributed by atoms with van der Waals surface area (Å²) in [6, 6.07) is 11.7. The summed E-state index contributed by atoms with van der Waals surface area (Å²) < 4.78 is 5.53. The number of nitrogens with zero attached hydrogens (tertiary/aromatic N) is 2. The summed E-state index contributed by atoms with van der Waals surface area (Å²) in [5.41, 5.74) is 4.65. The van der Waals surface area contributed by atoms with Gasteiger partial charge in [0.1, 0.15) is 16.9 Å². The number of hydrogen-bond donors (Lipinski definition) is 4. The molecular formula is C26H29ClN6O2. The minimum absolute atomic E-state index is 0.184. The van der Waals surface area contributed by atoms with Gasteiger partial charge in [0, 0.05) is 30.0 Å². The normalized spacial score (nSPS) is 18.9. The van der Waals surface area contributed by atoms with Gasteiger partial charge in [0.25, 0.3) is 5.56 Å². The standard InChI is InChI=1S/C26H29ClN6O2/c27-17-6-7-19-18(13-17)23(29-15-16-3-2-8-28-14-16)22(26(34)31-19)25-30-20-4-1-5-21(24(20)32-25)33-9-11-35-12-10-33/h1,4-7,13,16,28H,2-3,8-12,14-15H2,(H,30,32)(H2,29,31,34). The fourth-order valence-corrected chi connectivity index (χ4v) is 5.39. The number of halogens is 1. The molecule has 0 amide bonds. The van der Waals surface area contributed by atoms with E-state index in [9.17, 15) is 4.79 Å². The largest absolute Gasteiger partial charge is 0.383 e. The Bertz CT molecular complexity index is 1420. The van der Waals surface area contributed by atoms with Crippen LogP contribution >= 0.6 is 11.6 Å². The van der Waals surface area contributed by atoms with E-state index in [1.165, 1.54) is 0 Å². The van der Waals surface area contributed by atoms with Gasteiger partial charge in [0.15, 0.2) is 0 Å². The predicted molar refractivity (Wildman–Crippen MR) is 142 cm³/mol. The van der Waals surface area contributed by atoms with Crippen LogP contribution in [-0.4, -0.2) is 60.9 Å². The zero-order valence-corrected chi connectivity index (χ0v) is 20.3. The van der Waals surface area contributed by atoms with Crippen molar-refractivity contribution in [2.75, 3.05) is 56.2 Å². The smallest absolute Gasteiger partial charge is 0.261 e. The van der Waals surface area contributed by atoms with Gasteiger partial charge in [0.05, 0.1) is 35.6 Å². The zero-order valence-electron chi connectivity index (χ0n) is 19.5. The molecule has 2 aliphatic heterocycles. The third kappa shape index (κ3) is 4.37. The number of aromatic nitrogens is 3. The number of nitrogens with one attached hydrogen (secondary N) is 4. The molecule has 2 fully saturated rings. The molecule has 4 heterocycles. The summed E-state index contributed by atoms with van der Waals surface area (Å²) in [4.78, 5) is 27.1. The highest BCUT2D eigenvalue weighted by Gasteiger charge is 2.22. The number of piperidine rings is 1. The first-order valence-corrected chi connectivity index (χ1v) is 12.7. The van der Waals surface area contributed by atoms with E-state index in [1.807, 2.05) is 24.3 Å². The van der Waals surface area contributed by atoms with Crippen LogP contribution < -0.4 is 21.1 Å². The van der Waals surface area contributed by atoms with Gasteiger partial charge in [-0.3, -0.25) is 4.79 Å². The van der Waals surface area contributed by atoms with Crippen molar-refractivity contribution in [1.29, 1.82) is 0 Å². The number of morpholine rings is 1. The summed E-state index contributed by atoms with van der Waals surface area (Å²) >= 11 is 6.38. The van der Waals surface area contributed by atoms with Crippen molar-refractivity contribution in [2.24, 2.45) is 5.92 Å². The lowest BCUT2D eigenvalue weighted by Gasteiger charge is -2.28. The van der Waals surface area contributed by atoms with E-state index in [0.717, 1.165) is 78.9 Å². The van der Waals surface area contributed by atoms with Gasteiger partial charge < -0.3 is 30.2 Å². The lowest BCUT2D eigenvalue weighted by molar-refractivity contribution is 0.123. The summed E-state index contributed by atoms with van der Waals surface area (Å²) in [6.45, 7) is 5.83. The number of ether oxygens (including phenoxy) is 1. The van der Waals surface area contributed by atoms with E-state index in [2.05, 4.69) is 31.6 Å². The van der Waals surface area contributed by atoms with E-state index in [4.69, 9.17) is 21.3 Å². The average molecular weight is 493 g/mol. The van der Waals surface area contributed by atoms with Crippen molar-refractivity contribution in [1.82, 2.24) is 20.3 Å². The molecule has 1 atom stereocenters. The molecule has 2 saturated heterocycles. The Kier molecular flexibility index (Phi) is 6.10. The molecule has 0 spiro atoms. The Hall–Kier alpha value is -3.07. The van der Waals surface area contributed by atoms with Crippen molar-refractivity contribution in [3.63, 3.8) is 0 Å². The van der Waals surface area contributed by atoms with Gasteiger partial charge in [-0.25, -0.2) is 4.98 Å². The second kappa shape index (κ2) is 9.53. The van der Waals surface area contributed by atoms with E-state index < -0.39 is 0 Å². The van der Waals surface area contributed by atoms with Crippen LogP contribution in [0.4, 0.5) is 11.4 Å². The number of imidazole rings is 1. The minimum atomic E-state index is -0.184. The number of H-pyrrole nitrogens is 2. The highest BCUT2D eigenvalue weighted by Crippen LogP contribution is 2.34. The number of hydrogen-bond acceptors (Lipinski definition) is 6. The number of rotatable bonds is 5. The third-order valence-corrected chi connectivity index (χ3v) is 7.26. The van der Waals surface area contributed by atoms with Crippen LogP contribution in [0.15, 0.2) is 41.2 Å². The van der Waals surface area contributed by atoms with Gasteiger partial charge in [-0.15, -0.1) is 0 Å². The van der Waals surface area contributed by atoms with Crippen LogP contribution in [0.25, 0.3) is 33.3 Å². The topological polar surface area (TPSA) is 98.1 Å². The molecule has 2 aromatic heterocycles. The number of benzene rings is 2. The van der Waals surface area contributed by atoms with Crippen LogP contribution in [0.3, 0.4) is 0 Å². The second-order valence-electron chi connectivity index (χ2n) is 9.35. The Morgan fingerprint density at radius 3 is 2.86 bits per heavy atom. The maximum atomic E-state index is 13.4. The maximum Gasteiger partial charge on any atom is 0.261 e. The first-order chi connectivity index (χ1) is 17.2. The zero-order chi connectivity index (χ0) is 23.8. The second-order valence-corrected chi connectivity index (χ2v) is 9.78. The summed E-state index contributed by atoms with van der Waals surface area (Å²) in [5.74, 6) is 1.04. The predicted octanol–water partition coefficient (Wildman–Crippen LogP) is 3.97. The number of pyridine rings is 1. The summed E-state index contributed by atoms with van der Waals surface area (Å²) in [6.07, 6.45) is 2.32. The molecule has 0 saturated carbocycles. The molecule has 0 radical (unpaired) electrons. The highest BCUT2D eigenvalue weighted by atomic mass is 35.5. The quantitative estimate of drug-likeness (QED) is 0.336. The van der Waals surface area contributed by atoms with E-state index in [-0.39, 0.29) is 5.56 Å². The van der Waals surface area contributed by atoms with Crippen LogP contribution in [-0.2, 0) is 4.74 Å². The number of aromatic amines is 2. The molecule has 4 N–H and O–H groups in total. The van der Waals surface area contributed by atoms with Crippen LogP contribution in [0, 0.1) is 5.92 Å². The number of para-hydroxylation sites is 1. The molecular weight excluding hydrogens is 464 g/mol. The fourth-order valence-electron chi connectivity index (χ4n) is 5.21. The van der Waals surface area contributed by atoms with Crippen molar-refractivity contribution in [3.05, 3.63) is 51.8 Å². The molecule has 0 aliphatic carbocycles. The lowest BCUT2D eigenvalue weighted by Crippen LogP contribution is -2.36. The first kappa shape index (κ1) is 22.4. The van der Waals surface area contributed by atoms with Crippen LogP contribution in [0.1, 0.15) is 12.8 Å². The average Bonchev–Trinajstić information content (AvgIpc) is 3.32. The number of fused-ring (bicyclic) bond motifs is 2. The molecule has 0 bridgehead atoms. The molecule has 9 heteroatoms. The van der Waals surface area contributed by atoms with Gasteiger partial charge in [0.2, 0.25) is 0 Å². The molecule has 182 valence electrons.